The summed E-state index contributed by atoms with van der Waals surface area (Å²) in [5, 5.41) is 0.948. The lowest BCUT2D eigenvalue weighted by atomic mass is 9.75. The zero-order valence-corrected chi connectivity index (χ0v) is 12.9. The summed E-state index contributed by atoms with van der Waals surface area (Å²) >= 11 is 12.1. The second-order valence-electron chi connectivity index (χ2n) is 5.47. The van der Waals surface area contributed by atoms with E-state index >= 15 is 0 Å². The first-order valence-electron chi connectivity index (χ1n) is 6.92. The zero-order chi connectivity index (χ0) is 14.9. The van der Waals surface area contributed by atoms with Crippen LogP contribution in [0.15, 0.2) is 23.2 Å². The van der Waals surface area contributed by atoms with Crippen LogP contribution in [-0.2, 0) is 19.8 Å². The van der Waals surface area contributed by atoms with Crippen LogP contribution in [0.4, 0.5) is 0 Å². The maximum absolute atomic E-state index is 10.9. The van der Waals surface area contributed by atoms with Gasteiger partial charge in [0.1, 0.15) is 0 Å². The van der Waals surface area contributed by atoms with E-state index in [2.05, 4.69) is 4.99 Å². The molecule has 0 radical (unpaired) electrons. The zero-order valence-electron chi connectivity index (χ0n) is 11.4. The molecule has 6 heteroatoms. The van der Waals surface area contributed by atoms with Gasteiger partial charge in [0.05, 0.1) is 28.8 Å². The van der Waals surface area contributed by atoms with Gasteiger partial charge in [-0.3, -0.25) is 0 Å². The van der Waals surface area contributed by atoms with E-state index in [0.717, 1.165) is 5.56 Å². The van der Waals surface area contributed by atoms with Gasteiger partial charge >= 0.3 is 0 Å². The van der Waals surface area contributed by atoms with Gasteiger partial charge in [-0.15, -0.1) is 0 Å². The van der Waals surface area contributed by atoms with E-state index in [1.807, 2.05) is 6.07 Å². The normalized spacial score (nSPS) is 23.0. The highest BCUT2D eigenvalue weighted by molar-refractivity contribution is 6.42. The Bertz CT molecular complexity index is 583. The van der Waals surface area contributed by atoms with Gasteiger partial charge in [-0.1, -0.05) is 29.3 Å². The largest absolute Gasteiger partial charge is 0.348 e. The van der Waals surface area contributed by atoms with Crippen molar-refractivity contribution in [3.63, 3.8) is 0 Å². The Morgan fingerprint density at radius 2 is 1.71 bits per heavy atom. The molecule has 1 spiro atoms. The van der Waals surface area contributed by atoms with Gasteiger partial charge in [0, 0.05) is 12.8 Å². The Hall–Kier alpha value is -0.900. The Morgan fingerprint density at radius 3 is 2.29 bits per heavy atom. The van der Waals surface area contributed by atoms with Crippen molar-refractivity contribution in [2.45, 2.75) is 37.0 Å². The molecule has 0 amide bonds. The molecular weight excluding hydrogens is 313 g/mol. The molecular formula is C15H15Cl2NO3. The number of hydrogen-bond donors (Lipinski definition) is 0. The van der Waals surface area contributed by atoms with Crippen LogP contribution in [0, 0.1) is 0 Å². The molecule has 1 saturated heterocycles. The summed E-state index contributed by atoms with van der Waals surface area (Å²) in [6.45, 7) is 1.24. The Labute approximate surface area is 133 Å². The van der Waals surface area contributed by atoms with E-state index in [-0.39, 0.29) is 0 Å². The van der Waals surface area contributed by atoms with Crippen LogP contribution in [-0.4, -0.2) is 25.1 Å². The minimum Gasteiger partial charge on any atom is -0.348 e. The van der Waals surface area contributed by atoms with Crippen molar-refractivity contribution in [1.29, 1.82) is 0 Å². The highest BCUT2D eigenvalue weighted by Gasteiger charge is 2.47. The number of nitrogens with zero attached hydrogens (tertiary/aromatic N) is 1. The van der Waals surface area contributed by atoms with E-state index in [4.69, 9.17) is 32.7 Å². The smallest absolute Gasteiger partial charge is 0.235 e. The summed E-state index contributed by atoms with van der Waals surface area (Å²) in [6.07, 6.45) is 4.40. The van der Waals surface area contributed by atoms with Gasteiger partial charge < -0.3 is 9.47 Å². The SMILES string of the molecule is O=C=NC1(c2ccc(Cl)c(Cl)c2)CCC2(CC1)OCCO2. The quantitative estimate of drug-likeness (QED) is 0.612. The van der Waals surface area contributed by atoms with Crippen molar-refractivity contribution in [2.24, 2.45) is 4.99 Å². The third-order valence-corrected chi connectivity index (χ3v) is 5.11. The molecule has 0 N–H and O–H groups in total. The maximum Gasteiger partial charge on any atom is 0.235 e. The first kappa shape index (κ1) is 15.0. The van der Waals surface area contributed by atoms with Crippen molar-refractivity contribution in [3.8, 4) is 0 Å². The second kappa shape index (κ2) is 5.71. The minimum absolute atomic E-state index is 0.461. The molecule has 0 unspecified atom stereocenters. The van der Waals surface area contributed by atoms with Crippen molar-refractivity contribution in [2.75, 3.05) is 13.2 Å². The van der Waals surface area contributed by atoms with Gasteiger partial charge in [0.2, 0.25) is 6.08 Å². The Morgan fingerprint density at radius 1 is 1.05 bits per heavy atom. The van der Waals surface area contributed by atoms with Crippen LogP contribution in [0.1, 0.15) is 31.2 Å². The molecule has 0 bridgehead atoms. The second-order valence-corrected chi connectivity index (χ2v) is 6.29. The van der Waals surface area contributed by atoms with Crippen LogP contribution in [0.2, 0.25) is 10.0 Å². The fourth-order valence-corrected chi connectivity index (χ4v) is 3.47. The van der Waals surface area contributed by atoms with Crippen molar-refractivity contribution in [3.05, 3.63) is 33.8 Å². The van der Waals surface area contributed by atoms with Crippen LogP contribution in [0.3, 0.4) is 0 Å². The average molecular weight is 328 g/mol. The number of carbonyl (C=O) groups excluding carboxylic acids is 1. The lowest BCUT2D eigenvalue weighted by Crippen LogP contribution is -2.41. The molecule has 1 heterocycles. The molecule has 0 aromatic heterocycles. The van der Waals surface area contributed by atoms with Crippen LogP contribution in [0.5, 0.6) is 0 Å². The summed E-state index contributed by atoms with van der Waals surface area (Å²) < 4.78 is 11.4. The van der Waals surface area contributed by atoms with E-state index in [9.17, 15) is 4.79 Å². The Balaban J connectivity index is 1.91. The lowest BCUT2D eigenvalue weighted by Gasteiger charge is -2.40. The molecule has 4 nitrogen and oxygen atoms in total. The maximum atomic E-state index is 10.9. The summed E-state index contributed by atoms with van der Waals surface area (Å²) in [7, 11) is 0. The number of hydrogen-bond acceptors (Lipinski definition) is 4. The van der Waals surface area contributed by atoms with Crippen molar-refractivity contribution < 1.29 is 14.3 Å². The van der Waals surface area contributed by atoms with E-state index in [1.54, 1.807) is 18.2 Å². The number of rotatable bonds is 2. The minimum atomic E-state index is -0.615. The monoisotopic (exact) mass is 327 g/mol. The van der Waals surface area contributed by atoms with E-state index < -0.39 is 11.3 Å². The van der Waals surface area contributed by atoms with Crippen molar-refractivity contribution in [1.82, 2.24) is 0 Å². The first-order chi connectivity index (χ1) is 10.1. The van der Waals surface area contributed by atoms with E-state index in [1.165, 1.54) is 0 Å². The number of isocyanates is 1. The fraction of sp³-hybridized carbons (Fsp3) is 0.533. The topological polar surface area (TPSA) is 47.9 Å². The van der Waals surface area contributed by atoms with Crippen LogP contribution < -0.4 is 0 Å². The summed E-state index contributed by atoms with van der Waals surface area (Å²) in [6, 6.07) is 5.37. The predicted octanol–water partition coefficient (Wildman–Crippen LogP) is 3.84. The number of ether oxygens (including phenoxy) is 2. The molecule has 0 atom stereocenters. The molecule has 2 aliphatic rings. The lowest BCUT2D eigenvalue weighted by molar-refractivity contribution is -0.184. The summed E-state index contributed by atoms with van der Waals surface area (Å²) in [4.78, 5) is 15.0. The molecule has 2 fully saturated rings. The summed E-state index contributed by atoms with van der Waals surface area (Å²) in [5.74, 6) is -0.502. The van der Waals surface area contributed by atoms with E-state index in [0.29, 0.717) is 48.9 Å². The van der Waals surface area contributed by atoms with Gasteiger partial charge in [0.25, 0.3) is 0 Å². The molecule has 1 aromatic carbocycles. The number of halogens is 2. The predicted molar refractivity (Wildman–Crippen MR) is 79.4 cm³/mol. The summed E-state index contributed by atoms with van der Waals surface area (Å²) in [5.41, 5.74) is 0.268. The highest BCUT2D eigenvalue weighted by atomic mass is 35.5. The molecule has 112 valence electrons. The third kappa shape index (κ3) is 2.75. The van der Waals surface area contributed by atoms with Gasteiger partial charge in [-0.25, -0.2) is 4.79 Å². The molecule has 1 aliphatic carbocycles. The molecule has 21 heavy (non-hydrogen) atoms. The van der Waals surface area contributed by atoms with Crippen LogP contribution >= 0.6 is 23.2 Å². The standard InChI is InChI=1S/C15H15Cl2NO3/c16-12-2-1-11(9-13(12)17)14(18-10-19)3-5-15(6-4-14)20-7-8-21-15/h1-2,9H,3-8H2. The number of aliphatic imine (C=N–C) groups is 1. The third-order valence-electron chi connectivity index (χ3n) is 4.37. The molecule has 3 rings (SSSR count). The van der Waals surface area contributed by atoms with Gasteiger partial charge in [-0.2, -0.15) is 4.99 Å². The highest BCUT2D eigenvalue weighted by Crippen LogP contribution is 2.47. The van der Waals surface area contributed by atoms with Gasteiger partial charge in [0.15, 0.2) is 5.79 Å². The molecule has 1 aliphatic heterocycles. The first-order valence-corrected chi connectivity index (χ1v) is 7.67. The molecule has 1 aromatic rings. The fourth-order valence-electron chi connectivity index (χ4n) is 3.17. The van der Waals surface area contributed by atoms with Crippen LogP contribution in [0.25, 0.3) is 0 Å². The number of benzene rings is 1. The average Bonchev–Trinajstić information content (AvgIpc) is 2.94. The van der Waals surface area contributed by atoms with Gasteiger partial charge in [-0.05, 0) is 30.5 Å². The van der Waals surface area contributed by atoms with Crippen molar-refractivity contribution >= 4 is 29.3 Å². The Kier molecular flexibility index (Phi) is 4.08. The molecule has 1 saturated carbocycles.